The van der Waals surface area contributed by atoms with Gasteiger partial charge in [-0.05, 0) is 24.3 Å². The summed E-state index contributed by atoms with van der Waals surface area (Å²) < 4.78 is 38.2. The fourth-order valence-electron chi connectivity index (χ4n) is 1.67. The molecule has 3 nitrogen and oxygen atoms in total. The van der Waals surface area contributed by atoms with Crippen LogP contribution in [0.5, 0.6) is 0 Å². The highest BCUT2D eigenvalue weighted by molar-refractivity contribution is 7.90. The molecule has 0 saturated heterocycles. The molecule has 7 heteroatoms. The van der Waals surface area contributed by atoms with E-state index in [4.69, 9.17) is 28.9 Å². The van der Waals surface area contributed by atoms with E-state index in [1.807, 2.05) is 0 Å². The summed E-state index contributed by atoms with van der Waals surface area (Å²) in [6, 6.07) is 8.19. The summed E-state index contributed by atoms with van der Waals surface area (Å²) in [5, 5.41) is 0.376. The molecule has 0 spiro atoms. The summed E-state index contributed by atoms with van der Waals surface area (Å²) in [6.45, 7) is 0. The zero-order chi connectivity index (χ0) is 14.9. The molecule has 0 aliphatic heterocycles. The van der Waals surface area contributed by atoms with Crippen LogP contribution in [0.3, 0.4) is 0 Å². The molecule has 2 aromatic carbocycles. The zero-order valence-electron chi connectivity index (χ0n) is 10.1. The highest BCUT2D eigenvalue weighted by Crippen LogP contribution is 2.27. The number of sulfone groups is 1. The molecule has 0 amide bonds. The Kier molecular flexibility index (Phi) is 4.22. The molecule has 0 radical (unpaired) electrons. The monoisotopic (exact) mass is 333 g/mol. The fraction of sp³-hybridized carbons (Fsp3) is 0.0769. The molecule has 20 heavy (non-hydrogen) atoms. The Labute approximate surface area is 126 Å². The van der Waals surface area contributed by atoms with E-state index in [0.717, 1.165) is 0 Å². The largest absolute Gasteiger partial charge is 0.396 e. The summed E-state index contributed by atoms with van der Waals surface area (Å²) in [6.07, 6.45) is 0. The van der Waals surface area contributed by atoms with Gasteiger partial charge in [-0.15, -0.1) is 0 Å². The van der Waals surface area contributed by atoms with Gasteiger partial charge in [0.1, 0.15) is 5.82 Å². The SMILES string of the molecule is Nc1cccc(CS(=O)(=O)c2ccc(Cl)c(Cl)c2)c1F. The Hall–Kier alpha value is -1.30. The Bertz CT molecular complexity index is 763. The van der Waals surface area contributed by atoms with Gasteiger partial charge in [0.05, 0.1) is 26.4 Å². The minimum absolute atomic E-state index is 0.0103. The van der Waals surface area contributed by atoms with Crippen molar-refractivity contribution in [2.75, 3.05) is 5.73 Å². The van der Waals surface area contributed by atoms with E-state index in [1.165, 1.54) is 36.4 Å². The summed E-state index contributed by atoms with van der Waals surface area (Å²) in [7, 11) is -3.73. The lowest BCUT2D eigenvalue weighted by molar-refractivity contribution is 0.588. The average molecular weight is 334 g/mol. The molecule has 0 aromatic heterocycles. The van der Waals surface area contributed by atoms with Crippen molar-refractivity contribution in [3.8, 4) is 0 Å². The molecular formula is C13H10Cl2FNO2S. The maximum atomic E-state index is 13.8. The molecule has 0 unspecified atom stereocenters. The molecular weight excluding hydrogens is 324 g/mol. The second-order valence-corrected chi connectivity index (χ2v) is 6.96. The smallest absolute Gasteiger partial charge is 0.182 e. The van der Waals surface area contributed by atoms with Crippen molar-refractivity contribution in [3.05, 3.63) is 57.8 Å². The van der Waals surface area contributed by atoms with Crippen LogP contribution in [0.15, 0.2) is 41.3 Å². The number of nitrogens with two attached hydrogens (primary N) is 1. The molecule has 0 aliphatic rings. The van der Waals surface area contributed by atoms with Crippen LogP contribution in [0.25, 0.3) is 0 Å². The van der Waals surface area contributed by atoms with Crippen molar-refractivity contribution in [1.29, 1.82) is 0 Å². The third-order valence-corrected chi connectivity index (χ3v) is 5.11. The first-order valence-corrected chi connectivity index (χ1v) is 7.93. The van der Waals surface area contributed by atoms with Crippen LogP contribution >= 0.6 is 23.2 Å². The van der Waals surface area contributed by atoms with Gasteiger partial charge >= 0.3 is 0 Å². The molecule has 2 aromatic rings. The summed E-state index contributed by atoms with van der Waals surface area (Å²) in [5.41, 5.74) is 5.33. The van der Waals surface area contributed by atoms with Crippen LogP contribution in [-0.4, -0.2) is 8.42 Å². The first kappa shape index (κ1) is 15.1. The van der Waals surface area contributed by atoms with Crippen molar-refractivity contribution < 1.29 is 12.8 Å². The first-order chi connectivity index (χ1) is 9.31. The van der Waals surface area contributed by atoms with Crippen molar-refractivity contribution >= 4 is 38.7 Å². The Morgan fingerprint density at radius 1 is 1.10 bits per heavy atom. The maximum Gasteiger partial charge on any atom is 0.182 e. The van der Waals surface area contributed by atoms with Crippen LogP contribution in [0.1, 0.15) is 5.56 Å². The third-order valence-electron chi connectivity index (χ3n) is 2.70. The van der Waals surface area contributed by atoms with Gasteiger partial charge in [0.15, 0.2) is 9.84 Å². The number of rotatable bonds is 3. The Morgan fingerprint density at radius 2 is 1.80 bits per heavy atom. The van der Waals surface area contributed by atoms with E-state index in [2.05, 4.69) is 0 Å². The summed E-state index contributed by atoms with van der Waals surface area (Å²) in [5.74, 6) is -1.22. The summed E-state index contributed by atoms with van der Waals surface area (Å²) >= 11 is 11.5. The van der Waals surface area contributed by atoms with Gasteiger partial charge in [-0.25, -0.2) is 12.8 Å². The molecule has 0 bridgehead atoms. The van der Waals surface area contributed by atoms with Crippen molar-refractivity contribution in [1.82, 2.24) is 0 Å². The molecule has 2 N–H and O–H groups in total. The minimum Gasteiger partial charge on any atom is -0.396 e. The fourth-order valence-corrected chi connectivity index (χ4v) is 3.40. The number of halogens is 3. The van der Waals surface area contributed by atoms with E-state index < -0.39 is 21.4 Å². The second kappa shape index (κ2) is 5.60. The molecule has 0 aliphatic carbocycles. The molecule has 0 saturated carbocycles. The summed E-state index contributed by atoms with van der Waals surface area (Å²) in [4.78, 5) is -0.0197. The van der Waals surface area contributed by atoms with Gasteiger partial charge in [-0.2, -0.15) is 0 Å². The molecule has 0 atom stereocenters. The van der Waals surface area contributed by atoms with Gasteiger partial charge in [0, 0.05) is 5.56 Å². The van der Waals surface area contributed by atoms with E-state index >= 15 is 0 Å². The average Bonchev–Trinajstić information content (AvgIpc) is 2.38. The van der Waals surface area contributed by atoms with Gasteiger partial charge in [0.25, 0.3) is 0 Å². The topological polar surface area (TPSA) is 60.2 Å². The lowest BCUT2D eigenvalue weighted by Crippen LogP contribution is -2.07. The lowest BCUT2D eigenvalue weighted by atomic mass is 10.2. The molecule has 0 fully saturated rings. The van der Waals surface area contributed by atoms with Crippen molar-refractivity contribution in [2.45, 2.75) is 10.6 Å². The van der Waals surface area contributed by atoms with Gasteiger partial charge in [-0.3, -0.25) is 0 Å². The van der Waals surface area contributed by atoms with Crippen LogP contribution in [-0.2, 0) is 15.6 Å². The number of hydrogen-bond donors (Lipinski definition) is 1. The van der Waals surface area contributed by atoms with E-state index in [-0.39, 0.29) is 26.2 Å². The number of anilines is 1. The number of benzene rings is 2. The Morgan fingerprint density at radius 3 is 2.45 bits per heavy atom. The second-order valence-electron chi connectivity index (χ2n) is 4.16. The molecule has 2 rings (SSSR count). The highest BCUT2D eigenvalue weighted by atomic mass is 35.5. The van der Waals surface area contributed by atoms with E-state index in [0.29, 0.717) is 0 Å². The first-order valence-electron chi connectivity index (χ1n) is 5.52. The van der Waals surface area contributed by atoms with Crippen molar-refractivity contribution in [3.63, 3.8) is 0 Å². The van der Waals surface area contributed by atoms with Crippen LogP contribution < -0.4 is 5.73 Å². The molecule has 106 valence electrons. The predicted molar refractivity (Wildman–Crippen MR) is 78.2 cm³/mol. The van der Waals surface area contributed by atoms with E-state index in [9.17, 15) is 12.8 Å². The zero-order valence-corrected chi connectivity index (χ0v) is 12.4. The van der Waals surface area contributed by atoms with Crippen molar-refractivity contribution in [2.24, 2.45) is 0 Å². The van der Waals surface area contributed by atoms with Crippen LogP contribution in [0.4, 0.5) is 10.1 Å². The quantitative estimate of drug-likeness (QED) is 0.871. The van der Waals surface area contributed by atoms with E-state index in [1.54, 1.807) is 0 Å². The molecule has 0 heterocycles. The maximum absolute atomic E-state index is 13.8. The lowest BCUT2D eigenvalue weighted by Gasteiger charge is -2.08. The van der Waals surface area contributed by atoms with Crippen LogP contribution in [0.2, 0.25) is 10.0 Å². The minimum atomic E-state index is -3.73. The van der Waals surface area contributed by atoms with Crippen LogP contribution in [0, 0.1) is 5.82 Å². The number of hydrogen-bond acceptors (Lipinski definition) is 3. The van der Waals surface area contributed by atoms with Gasteiger partial charge in [-0.1, -0.05) is 35.3 Å². The standard InChI is InChI=1S/C13H10Cl2FNO2S/c14-10-5-4-9(6-11(10)15)20(18,19)7-8-2-1-3-12(17)13(8)16/h1-6H,7,17H2. The highest BCUT2D eigenvalue weighted by Gasteiger charge is 2.19. The Balaban J connectivity index is 2.41. The normalized spacial score (nSPS) is 11.6. The predicted octanol–water partition coefficient (Wildman–Crippen LogP) is 3.69. The van der Waals surface area contributed by atoms with Gasteiger partial charge < -0.3 is 5.73 Å². The third kappa shape index (κ3) is 3.06. The van der Waals surface area contributed by atoms with Gasteiger partial charge in [0.2, 0.25) is 0 Å². The number of nitrogen functional groups attached to an aromatic ring is 1.